The molecule has 1 heterocycles. The van der Waals surface area contributed by atoms with Crippen LogP contribution >= 0.6 is 11.3 Å². The van der Waals surface area contributed by atoms with Gasteiger partial charge in [0, 0.05) is 16.5 Å². The highest BCUT2D eigenvalue weighted by molar-refractivity contribution is 7.14. The second kappa shape index (κ2) is 7.79. The lowest BCUT2D eigenvalue weighted by atomic mass is 10.1. The summed E-state index contributed by atoms with van der Waals surface area (Å²) in [5, 5.41) is 13.8. The Bertz CT molecular complexity index is 952. The van der Waals surface area contributed by atoms with Crippen LogP contribution in [0.1, 0.15) is 15.9 Å². The van der Waals surface area contributed by atoms with Crippen molar-refractivity contribution in [3.8, 4) is 17.0 Å². The predicted octanol–water partition coefficient (Wildman–Crippen LogP) is 3.83. The van der Waals surface area contributed by atoms with Gasteiger partial charge in [-0.3, -0.25) is 10.1 Å². The smallest absolute Gasteiger partial charge is 0.341 e. The number of aliphatic carboxylic acids is 1. The number of rotatable bonds is 6. The molecule has 0 atom stereocenters. The van der Waals surface area contributed by atoms with Gasteiger partial charge in [-0.2, -0.15) is 0 Å². The fourth-order valence-corrected chi connectivity index (χ4v) is 3.06. The van der Waals surface area contributed by atoms with E-state index in [-0.39, 0.29) is 5.91 Å². The van der Waals surface area contributed by atoms with E-state index in [1.807, 2.05) is 36.6 Å². The highest BCUT2D eigenvalue weighted by atomic mass is 32.1. The number of ether oxygens (including phenoxy) is 1. The van der Waals surface area contributed by atoms with Gasteiger partial charge in [-0.15, -0.1) is 11.3 Å². The average Bonchev–Trinajstić information content (AvgIpc) is 3.09. The second-order valence-electron chi connectivity index (χ2n) is 5.52. The first-order valence-electron chi connectivity index (χ1n) is 7.80. The summed E-state index contributed by atoms with van der Waals surface area (Å²) >= 11 is 1.32. The molecule has 7 heteroatoms. The number of carboxylic acids is 1. The van der Waals surface area contributed by atoms with E-state index in [2.05, 4.69) is 10.3 Å². The Morgan fingerprint density at radius 2 is 2.00 bits per heavy atom. The summed E-state index contributed by atoms with van der Waals surface area (Å²) in [6, 6.07) is 14.3. The van der Waals surface area contributed by atoms with Gasteiger partial charge in [0.15, 0.2) is 11.7 Å². The Kier molecular flexibility index (Phi) is 5.28. The Labute approximate surface area is 154 Å². The number of nitrogens with zero attached hydrogens (tertiary/aromatic N) is 1. The SMILES string of the molecule is Cc1ccccc1C(=O)Nc1nc(-c2cccc(OCC(=O)O)c2)cs1. The van der Waals surface area contributed by atoms with Crippen molar-refractivity contribution in [2.45, 2.75) is 6.92 Å². The Morgan fingerprint density at radius 3 is 2.77 bits per heavy atom. The Morgan fingerprint density at radius 1 is 1.19 bits per heavy atom. The zero-order chi connectivity index (χ0) is 18.5. The molecule has 0 saturated heterocycles. The number of hydrogen-bond donors (Lipinski definition) is 2. The van der Waals surface area contributed by atoms with Crippen molar-refractivity contribution in [3.63, 3.8) is 0 Å². The number of carboxylic acid groups (broad SMARTS) is 1. The quantitative estimate of drug-likeness (QED) is 0.690. The number of carbonyl (C=O) groups is 2. The first kappa shape index (κ1) is 17.6. The molecule has 1 aromatic heterocycles. The molecule has 0 fully saturated rings. The maximum absolute atomic E-state index is 12.4. The summed E-state index contributed by atoms with van der Waals surface area (Å²) in [6.07, 6.45) is 0. The third-order valence-corrected chi connectivity index (χ3v) is 4.36. The zero-order valence-electron chi connectivity index (χ0n) is 13.9. The minimum atomic E-state index is -1.04. The van der Waals surface area contributed by atoms with Gasteiger partial charge in [-0.1, -0.05) is 30.3 Å². The lowest BCUT2D eigenvalue weighted by Gasteiger charge is -2.05. The first-order chi connectivity index (χ1) is 12.5. The monoisotopic (exact) mass is 368 g/mol. The van der Waals surface area contributed by atoms with Crippen molar-refractivity contribution in [3.05, 3.63) is 65.0 Å². The fraction of sp³-hybridized carbons (Fsp3) is 0.105. The average molecular weight is 368 g/mol. The van der Waals surface area contributed by atoms with Gasteiger partial charge in [0.05, 0.1) is 5.69 Å². The fourth-order valence-electron chi connectivity index (χ4n) is 2.35. The van der Waals surface area contributed by atoms with Crippen LogP contribution in [-0.4, -0.2) is 28.6 Å². The van der Waals surface area contributed by atoms with Gasteiger partial charge in [-0.05, 0) is 30.7 Å². The molecular formula is C19H16N2O4S. The summed E-state index contributed by atoms with van der Waals surface area (Å²) < 4.78 is 5.18. The minimum absolute atomic E-state index is 0.206. The summed E-state index contributed by atoms with van der Waals surface area (Å²) in [7, 11) is 0. The molecule has 0 unspecified atom stereocenters. The Balaban J connectivity index is 1.74. The van der Waals surface area contributed by atoms with E-state index in [1.165, 1.54) is 11.3 Å². The van der Waals surface area contributed by atoms with Crippen molar-refractivity contribution in [1.29, 1.82) is 0 Å². The highest BCUT2D eigenvalue weighted by Crippen LogP contribution is 2.28. The van der Waals surface area contributed by atoms with Crippen molar-refractivity contribution >= 4 is 28.3 Å². The second-order valence-corrected chi connectivity index (χ2v) is 6.38. The number of thiazole rings is 1. The number of benzene rings is 2. The van der Waals surface area contributed by atoms with E-state index in [4.69, 9.17) is 9.84 Å². The van der Waals surface area contributed by atoms with Crippen LogP contribution in [0, 0.1) is 6.92 Å². The van der Waals surface area contributed by atoms with E-state index in [1.54, 1.807) is 24.3 Å². The van der Waals surface area contributed by atoms with Gasteiger partial charge in [0.2, 0.25) is 0 Å². The van der Waals surface area contributed by atoms with E-state index < -0.39 is 12.6 Å². The van der Waals surface area contributed by atoms with Gasteiger partial charge in [0.1, 0.15) is 5.75 Å². The number of anilines is 1. The molecule has 0 aliphatic rings. The zero-order valence-corrected chi connectivity index (χ0v) is 14.7. The first-order valence-corrected chi connectivity index (χ1v) is 8.68. The van der Waals surface area contributed by atoms with Crippen molar-refractivity contribution in [2.24, 2.45) is 0 Å². The summed E-state index contributed by atoms with van der Waals surface area (Å²) in [6.45, 7) is 1.48. The molecule has 0 saturated carbocycles. The predicted molar refractivity (Wildman–Crippen MR) is 99.8 cm³/mol. The van der Waals surface area contributed by atoms with Crippen molar-refractivity contribution < 1.29 is 19.4 Å². The number of carbonyl (C=O) groups excluding carboxylic acids is 1. The maximum atomic E-state index is 12.4. The minimum Gasteiger partial charge on any atom is -0.482 e. The maximum Gasteiger partial charge on any atom is 0.341 e. The molecule has 0 aliphatic carbocycles. The van der Waals surface area contributed by atoms with Gasteiger partial charge >= 0.3 is 5.97 Å². The van der Waals surface area contributed by atoms with Crippen molar-refractivity contribution in [1.82, 2.24) is 4.98 Å². The molecule has 2 N–H and O–H groups in total. The molecule has 6 nitrogen and oxygen atoms in total. The van der Waals surface area contributed by atoms with Crippen LogP contribution in [0.25, 0.3) is 11.3 Å². The van der Waals surface area contributed by atoms with E-state index in [0.29, 0.717) is 22.1 Å². The molecule has 0 aliphatic heterocycles. The molecule has 132 valence electrons. The van der Waals surface area contributed by atoms with Crippen LogP contribution in [0.3, 0.4) is 0 Å². The van der Waals surface area contributed by atoms with Crippen LogP contribution in [0.5, 0.6) is 5.75 Å². The van der Waals surface area contributed by atoms with E-state index >= 15 is 0 Å². The van der Waals surface area contributed by atoms with Gasteiger partial charge < -0.3 is 9.84 Å². The van der Waals surface area contributed by atoms with Gasteiger partial charge in [-0.25, -0.2) is 9.78 Å². The molecule has 3 aromatic rings. The van der Waals surface area contributed by atoms with Crippen LogP contribution < -0.4 is 10.1 Å². The molecular weight excluding hydrogens is 352 g/mol. The number of aromatic nitrogens is 1. The number of aryl methyl sites for hydroxylation is 1. The molecule has 26 heavy (non-hydrogen) atoms. The molecule has 1 amide bonds. The lowest BCUT2D eigenvalue weighted by molar-refractivity contribution is -0.139. The third-order valence-electron chi connectivity index (χ3n) is 3.61. The van der Waals surface area contributed by atoms with Gasteiger partial charge in [0.25, 0.3) is 5.91 Å². The molecule has 2 aromatic carbocycles. The lowest BCUT2D eigenvalue weighted by Crippen LogP contribution is -2.13. The molecule has 0 radical (unpaired) electrons. The molecule has 0 bridgehead atoms. The summed E-state index contributed by atoms with van der Waals surface area (Å²) in [4.78, 5) is 27.4. The largest absolute Gasteiger partial charge is 0.482 e. The third kappa shape index (κ3) is 4.25. The van der Waals surface area contributed by atoms with Crippen LogP contribution in [0.4, 0.5) is 5.13 Å². The van der Waals surface area contributed by atoms with Crippen LogP contribution in [-0.2, 0) is 4.79 Å². The summed E-state index contributed by atoms with van der Waals surface area (Å²) in [5.74, 6) is -0.795. The topological polar surface area (TPSA) is 88.5 Å². The van der Waals surface area contributed by atoms with Crippen LogP contribution in [0.15, 0.2) is 53.9 Å². The standard InChI is InChI=1S/C19H16N2O4S/c1-12-5-2-3-8-15(12)18(24)21-19-20-16(11-26-19)13-6-4-7-14(9-13)25-10-17(22)23/h2-9,11H,10H2,1H3,(H,22,23)(H,20,21,24). The normalized spacial score (nSPS) is 10.3. The highest BCUT2D eigenvalue weighted by Gasteiger charge is 2.12. The number of hydrogen-bond acceptors (Lipinski definition) is 5. The number of amides is 1. The molecule has 3 rings (SSSR count). The van der Waals surface area contributed by atoms with Crippen LogP contribution in [0.2, 0.25) is 0 Å². The molecule has 0 spiro atoms. The summed E-state index contributed by atoms with van der Waals surface area (Å²) in [5.41, 5.74) is 2.95. The van der Waals surface area contributed by atoms with E-state index in [0.717, 1.165) is 11.1 Å². The number of nitrogens with one attached hydrogen (secondary N) is 1. The van der Waals surface area contributed by atoms with Crippen molar-refractivity contribution in [2.75, 3.05) is 11.9 Å². The Hall–Kier alpha value is -3.19. The van der Waals surface area contributed by atoms with E-state index in [9.17, 15) is 9.59 Å².